The first-order valence-corrected chi connectivity index (χ1v) is 5.36. The minimum atomic E-state index is -0.457. The maximum absolute atomic E-state index is 11.8. The summed E-state index contributed by atoms with van der Waals surface area (Å²) in [6.07, 6.45) is 1.62. The first-order valence-electron chi connectivity index (χ1n) is 5.36. The Balaban J connectivity index is 2.09. The third-order valence-electron chi connectivity index (χ3n) is 2.78. The van der Waals surface area contributed by atoms with E-state index in [0.29, 0.717) is 23.7 Å². The molecule has 2 aromatic rings. The van der Waals surface area contributed by atoms with Crippen molar-refractivity contribution >= 4 is 29.1 Å². The van der Waals surface area contributed by atoms with Gasteiger partial charge in [-0.2, -0.15) is 9.61 Å². The first kappa shape index (κ1) is 10.5. The lowest BCUT2D eigenvalue weighted by atomic mass is 10.2. The number of nitrogen functional groups attached to an aromatic ring is 1. The average Bonchev–Trinajstić information content (AvgIpc) is 2.81. The summed E-state index contributed by atoms with van der Waals surface area (Å²) in [6.45, 7) is 0.317. The molecule has 18 heavy (non-hydrogen) atoms. The van der Waals surface area contributed by atoms with Gasteiger partial charge in [0.1, 0.15) is 12.1 Å². The second-order valence-corrected chi connectivity index (χ2v) is 3.89. The van der Waals surface area contributed by atoms with Crippen LogP contribution in [0.2, 0.25) is 0 Å². The molecule has 0 spiro atoms. The smallest absolute Gasteiger partial charge is 0.328 e. The van der Waals surface area contributed by atoms with Crippen LogP contribution in [0.3, 0.4) is 0 Å². The summed E-state index contributed by atoms with van der Waals surface area (Å²) in [5, 5.41) is 6.23. The maximum atomic E-state index is 11.8. The fourth-order valence-electron chi connectivity index (χ4n) is 1.92. The average molecular weight is 246 g/mol. The molecule has 3 amide bonds. The Kier molecular flexibility index (Phi) is 2.15. The van der Waals surface area contributed by atoms with Crippen LogP contribution in [0.1, 0.15) is 6.42 Å². The normalized spacial score (nSPS) is 16.1. The molecule has 1 fully saturated rings. The van der Waals surface area contributed by atoms with Gasteiger partial charge in [0.05, 0.1) is 5.69 Å². The topological polar surface area (TPSA) is 106 Å². The molecule has 3 rings (SSSR count). The van der Waals surface area contributed by atoms with E-state index in [2.05, 4.69) is 15.4 Å². The van der Waals surface area contributed by atoms with Crippen LogP contribution in [0.15, 0.2) is 18.5 Å². The van der Waals surface area contributed by atoms with Gasteiger partial charge in [-0.15, -0.1) is 0 Å². The van der Waals surface area contributed by atoms with Crippen molar-refractivity contribution in [3.63, 3.8) is 0 Å². The first-order chi connectivity index (χ1) is 8.66. The monoisotopic (exact) mass is 246 g/mol. The van der Waals surface area contributed by atoms with Crippen LogP contribution >= 0.6 is 0 Å². The molecule has 1 saturated heterocycles. The molecule has 0 radical (unpaired) electrons. The van der Waals surface area contributed by atoms with Crippen molar-refractivity contribution < 1.29 is 9.59 Å². The quantitative estimate of drug-likeness (QED) is 0.722. The fraction of sp³-hybridized carbons (Fsp3) is 0.200. The summed E-state index contributed by atoms with van der Waals surface area (Å²) in [5.41, 5.74) is 6.80. The summed E-state index contributed by atoms with van der Waals surface area (Å²) in [5.74, 6) is 0.156. The Bertz CT molecular complexity index is 649. The Morgan fingerprint density at radius 1 is 1.33 bits per heavy atom. The van der Waals surface area contributed by atoms with Crippen molar-refractivity contribution in [2.45, 2.75) is 6.42 Å². The number of pyridine rings is 1. The van der Waals surface area contributed by atoms with Crippen LogP contribution in [-0.4, -0.2) is 33.1 Å². The maximum Gasteiger partial charge on any atom is 0.328 e. The molecule has 92 valence electrons. The zero-order valence-electron chi connectivity index (χ0n) is 9.33. The van der Waals surface area contributed by atoms with Crippen molar-refractivity contribution in [2.75, 3.05) is 17.2 Å². The van der Waals surface area contributed by atoms with Crippen LogP contribution in [0, 0.1) is 0 Å². The van der Waals surface area contributed by atoms with Crippen molar-refractivity contribution in [1.29, 1.82) is 0 Å². The van der Waals surface area contributed by atoms with Gasteiger partial charge in [0, 0.05) is 13.0 Å². The lowest BCUT2D eigenvalue weighted by Crippen LogP contribution is -2.49. The molecule has 0 aromatic carbocycles. The Hall–Kier alpha value is -2.64. The molecular weight excluding hydrogens is 236 g/mol. The predicted molar refractivity (Wildman–Crippen MR) is 62.9 cm³/mol. The van der Waals surface area contributed by atoms with Gasteiger partial charge < -0.3 is 5.73 Å². The predicted octanol–water partition coefficient (Wildman–Crippen LogP) is -0.242. The number of amides is 3. The van der Waals surface area contributed by atoms with E-state index in [0.717, 1.165) is 0 Å². The van der Waals surface area contributed by atoms with E-state index in [1.165, 1.54) is 15.7 Å². The number of urea groups is 1. The van der Waals surface area contributed by atoms with E-state index in [-0.39, 0.29) is 12.3 Å². The van der Waals surface area contributed by atoms with E-state index in [1.54, 1.807) is 12.1 Å². The van der Waals surface area contributed by atoms with Crippen molar-refractivity contribution in [3.8, 4) is 0 Å². The molecule has 0 bridgehead atoms. The number of anilines is 2. The van der Waals surface area contributed by atoms with Crippen LogP contribution in [-0.2, 0) is 4.79 Å². The summed E-state index contributed by atoms with van der Waals surface area (Å²) in [4.78, 5) is 28.4. The van der Waals surface area contributed by atoms with Gasteiger partial charge >= 0.3 is 6.03 Å². The van der Waals surface area contributed by atoms with Gasteiger partial charge in [0.25, 0.3) is 0 Å². The number of rotatable bonds is 1. The molecular formula is C10H10N6O2. The van der Waals surface area contributed by atoms with E-state index in [4.69, 9.17) is 5.73 Å². The molecule has 3 heterocycles. The number of carbonyl (C=O) groups excluding carboxylic acids is 2. The van der Waals surface area contributed by atoms with Crippen molar-refractivity contribution in [3.05, 3.63) is 18.5 Å². The SMILES string of the molecule is Nc1ccc(N2CCC(=O)NC2=O)c2ncnn12. The summed E-state index contributed by atoms with van der Waals surface area (Å²) >= 11 is 0. The van der Waals surface area contributed by atoms with Gasteiger partial charge in [0.15, 0.2) is 5.65 Å². The van der Waals surface area contributed by atoms with E-state index < -0.39 is 6.03 Å². The lowest BCUT2D eigenvalue weighted by Gasteiger charge is -2.26. The number of aromatic nitrogens is 3. The molecule has 0 saturated carbocycles. The third kappa shape index (κ3) is 1.46. The van der Waals surface area contributed by atoms with Gasteiger partial charge in [-0.25, -0.2) is 9.78 Å². The van der Waals surface area contributed by atoms with Crippen molar-refractivity contribution in [2.24, 2.45) is 0 Å². The molecule has 8 nitrogen and oxygen atoms in total. The minimum Gasteiger partial charge on any atom is -0.384 e. The number of fused-ring (bicyclic) bond motifs is 1. The number of carbonyl (C=O) groups is 2. The zero-order chi connectivity index (χ0) is 12.7. The summed E-state index contributed by atoms with van der Waals surface area (Å²) in [7, 11) is 0. The molecule has 0 aliphatic carbocycles. The molecule has 0 atom stereocenters. The van der Waals surface area contributed by atoms with Gasteiger partial charge in [-0.05, 0) is 12.1 Å². The zero-order valence-corrected chi connectivity index (χ0v) is 9.33. The number of hydrogen-bond acceptors (Lipinski definition) is 5. The fourth-order valence-corrected chi connectivity index (χ4v) is 1.92. The number of nitrogens with one attached hydrogen (secondary N) is 1. The highest BCUT2D eigenvalue weighted by Gasteiger charge is 2.26. The Morgan fingerprint density at radius 3 is 2.94 bits per heavy atom. The van der Waals surface area contributed by atoms with Gasteiger partial charge in [-0.3, -0.25) is 15.0 Å². The van der Waals surface area contributed by atoms with E-state index in [9.17, 15) is 9.59 Å². The Labute approximate surface area is 101 Å². The molecule has 0 unspecified atom stereocenters. The lowest BCUT2D eigenvalue weighted by molar-refractivity contribution is -0.120. The highest BCUT2D eigenvalue weighted by molar-refractivity contribution is 6.07. The number of imide groups is 1. The number of nitrogens with two attached hydrogens (primary N) is 1. The largest absolute Gasteiger partial charge is 0.384 e. The van der Waals surface area contributed by atoms with Gasteiger partial charge in [-0.1, -0.05) is 0 Å². The second kappa shape index (κ2) is 3.69. The molecule has 8 heteroatoms. The second-order valence-electron chi connectivity index (χ2n) is 3.89. The molecule has 3 N–H and O–H groups in total. The standard InChI is InChI=1S/C10H10N6O2/c11-7-2-1-6(9-12-5-13-16(7)9)15-4-3-8(17)14-10(15)18/h1-2,5H,3-4,11H2,(H,14,17,18). The minimum absolute atomic E-state index is 0.260. The van der Waals surface area contributed by atoms with E-state index >= 15 is 0 Å². The van der Waals surface area contributed by atoms with Crippen LogP contribution in [0.5, 0.6) is 0 Å². The number of hydrogen-bond donors (Lipinski definition) is 2. The van der Waals surface area contributed by atoms with Crippen LogP contribution < -0.4 is 16.0 Å². The number of nitrogens with zero attached hydrogens (tertiary/aromatic N) is 4. The van der Waals surface area contributed by atoms with Crippen LogP contribution in [0.4, 0.5) is 16.3 Å². The van der Waals surface area contributed by atoms with Crippen molar-refractivity contribution in [1.82, 2.24) is 19.9 Å². The molecule has 2 aromatic heterocycles. The van der Waals surface area contributed by atoms with E-state index in [1.807, 2.05) is 0 Å². The van der Waals surface area contributed by atoms with Crippen LogP contribution in [0.25, 0.3) is 5.65 Å². The molecule has 1 aliphatic heterocycles. The Morgan fingerprint density at radius 2 is 2.17 bits per heavy atom. The third-order valence-corrected chi connectivity index (χ3v) is 2.78. The highest BCUT2D eigenvalue weighted by atomic mass is 16.2. The summed E-state index contributed by atoms with van der Waals surface area (Å²) < 4.78 is 1.44. The van der Waals surface area contributed by atoms with Gasteiger partial charge in [0.2, 0.25) is 5.91 Å². The molecule has 1 aliphatic rings. The summed E-state index contributed by atoms with van der Waals surface area (Å²) in [6, 6.07) is 2.87. The highest BCUT2D eigenvalue weighted by Crippen LogP contribution is 2.23.